The van der Waals surface area contributed by atoms with Crippen molar-refractivity contribution in [2.75, 3.05) is 13.1 Å². The molecule has 2 fully saturated rings. The highest BCUT2D eigenvalue weighted by Gasteiger charge is 2.26. The van der Waals surface area contributed by atoms with E-state index in [1.54, 1.807) is 0 Å². The average molecular weight is 319 g/mol. The van der Waals surface area contributed by atoms with Crippen LogP contribution >= 0.6 is 0 Å². The first-order valence-electron chi connectivity index (χ1n) is 9.03. The Kier molecular flexibility index (Phi) is 5.30. The molecule has 0 bridgehead atoms. The molecule has 1 atom stereocenters. The van der Waals surface area contributed by atoms with E-state index in [9.17, 15) is 4.79 Å². The maximum absolute atomic E-state index is 12.1. The van der Waals surface area contributed by atoms with Gasteiger partial charge >= 0.3 is 0 Å². The van der Waals surface area contributed by atoms with E-state index in [0.29, 0.717) is 18.5 Å². The van der Waals surface area contributed by atoms with Crippen LogP contribution in [-0.2, 0) is 11.3 Å². The van der Waals surface area contributed by atoms with Crippen LogP contribution in [0.5, 0.6) is 0 Å². The molecule has 1 amide bonds. The van der Waals surface area contributed by atoms with Gasteiger partial charge in [-0.05, 0) is 46.1 Å². The lowest BCUT2D eigenvalue weighted by Gasteiger charge is -2.24. The smallest absolute Gasteiger partial charge is 0.221 e. The number of carbonyl (C=O) groups excluding carboxylic acids is 1. The summed E-state index contributed by atoms with van der Waals surface area (Å²) in [5, 5.41) is 7.66. The molecule has 1 saturated carbocycles. The van der Waals surface area contributed by atoms with Gasteiger partial charge in [0.2, 0.25) is 5.91 Å². The van der Waals surface area contributed by atoms with E-state index in [4.69, 9.17) is 0 Å². The number of carbonyl (C=O) groups is 1. The van der Waals surface area contributed by atoms with Gasteiger partial charge in [-0.25, -0.2) is 9.67 Å². The Morgan fingerprint density at radius 1 is 1.22 bits per heavy atom. The van der Waals surface area contributed by atoms with Gasteiger partial charge < -0.3 is 5.32 Å². The Labute approximate surface area is 138 Å². The zero-order valence-corrected chi connectivity index (χ0v) is 14.4. The van der Waals surface area contributed by atoms with Crippen molar-refractivity contribution < 1.29 is 4.79 Å². The van der Waals surface area contributed by atoms with Crippen molar-refractivity contribution in [1.29, 1.82) is 0 Å². The van der Waals surface area contributed by atoms with E-state index in [-0.39, 0.29) is 5.91 Å². The minimum atomic E-state index is 0.218. The Bertz CT molecular complexity index is 535. The summed E-state index contributed by atoms with van der Waals surface area (Å²) < 4.78 is 2.01. The fourth-order valence-electron chi connectivity index (χ4n) is 3.95. The number of rotatable bonds is 6. The predicted octanol–water partition coefficient (Wildman–Crippen LogP) is 1.81. The Balaban J connectivity index is 1.46. The molecular weight excluding hydrogens is 290 g/mol. The molecule has 3 rings (SSSR count). The summed E-state index contributed by atoms with van der Waals surface area (Å²) in [4.78, 5) is 18.9. The van der Waals surface area contributed by atoms with Crippen LogP contribution in [0.15, 0.2) is 0 Å². The highest BCUT2D eigenvalue weighted by Crippen LogP contribution is 2.20. The molecule has 1 aliphatic carbocycles. The Morgan fingerprint density at radius 2 is 2.00 bits per heavy atom. The Morgan fingerprint density at radius 3 is 2.70 bits per heavy atom. The van der Waals surface area contributed by atoms with Gasteiger partial charge in [0, 0.05) is 25.0 Å². The third-order valence-electron chi connectivity index (χ3n) is 5.19. The second-order valence-corrected chi connectivity index (χ2v) is 7.02. The summed E-state index contributed by atoms with van der Waals surface area (Å²) in [6.07, 6.45) is 7.84. The molecule has 2 heterocycles. The highest BCUT2D eigenvalue weighted by molar-refractivity contribution is 5.76. The number of hydrogen-bond donors (Lipinski definition) is 1. The minimum Gasteiger partial charge on any atom is -0.353 e. The van der Waals surface area contributed by atoms with E-state index in [1.165, 1.54) is 25.7 Å². The summed E-state index contributed by atoms with van der Waals surface area (Å²) in [6.45, 7) is 6.78. The molecule has 0 spiro atoms. The maximum Gasteiger partial charge on any atom is 0.221 e. The van der Waals surface area contributed by atoms with Gasteiger partial charge in [0.15, 0.2) is 0 Å². The summed E-state index contributed by atoms with van der Waals surface area (Å²) in [5.74, 6) is 2.03. The number of likely N-dealkylation sites (tertiary alicyclic amines) is 1. The Hall–Kier alpha value is -1.43. The van der Waals surface area contributed by atoms with E-state index >= 15 is 0 Å². The van der Waals surface area contributed by atoms with Crippen molar-refractivity contribution in [3.8, 4) is 0 Å². The molecule has 1 aromatic heterocycles. The standard InChI is InChI=1S/C17H29N5O/c1-13-18-14(2)22(20-13)12-16-8-5-10-21(16)11-9-17(23)19-15-6-3-4-7-15/h15-16H,3-12H2,1-2H3,(H,19,23)/t16-/m0/s1. The molecule has 6 nitrogen and oxygen atoms in total. The van der Waals surface area contributed by atoms with Crippen LogP contribution in [0.4, 0.5) is 0 Å². The van der Waals surface area contributed by atoms with Crippen molar-refractivity contribution >= 4 is 5.91 Å². The molecule has 1 aliphatic heterocycles. The maximum atomic E-state index is 12.1. The van der Waals surface area contributed by atoms with Gasteiger partial charge in [-0.15, -0.1) is 0 Å². The predicted molar refractivity (Wildman–Crippen MR) is 89.1 cm³/mol. The largest absolute Gasteiger partial charge is 0.353 e. The molecule has 0 radical (unpaired) electrons. The molecule has 128 valence electrons. The fourth-order valence-corrected chi connectivity index (χ4v) is 3.95. The number of amides is 1. The molecule has 0 unspecified atom stereocenters. The highest BCUT2D eigenvalue weighted by atomic mass is 16.1. The van der Waals surface area contributed by atoms with Gasteiger partial charge in [0.05, 0.1) is 6.54 Å². The van der Waals surface area contributed by atoms with E-state index < -0.39 is 0 Å². The summed E-state index contributed by atoms with van der Waals surface area (Å²) in [5.41, 5.74) is 0. The molecule has 1 N–H and O–H groups in total. The van der Waals surface area contributed by atoms with Gasteiger partial charge in [-0.3, -0.25) is 9.69 Å². The second kappa shape index (κ2) is 7.43. The lowest BCUT2D eigenvalue weighted by molar-refractivity contribution is -0.122. The average Bonchev–Trinajstić information content (AvgIpc) is 3.21. The first-order valence-corrected chi connectivity index (χ1v) is 9.03. The van der Waals surface area contributed by atoms with Crippen LogP contribution in [0.2, 0.25) is 0 Å². The zero-order valence-electron chi connectivity index (χ0n) is 14.4. The second-order valence-electron chi connectivity index (χ2n) is 7.02. The molecule has 1 saturated heterocycles. The van der Waals surface area contributed by atoms with Crippen molar-refractivity contribution in [2.45, 2.75) is 77.4 Å². The normalized spacial score (nSPS) is 22.8. The van der Waals surface area contributed by atoms with Crippen LogP contribution < -0.4 is 5.32 Å². The number of hydrogen-bond acceptors (Lipinski definition) is 4. The van der Waals surface area contributed by atoms with Crippen LogP contribution in [0.1, 0.15) is 56.6 Å². The van der Waals surface area contributed by atoms with Crippen LogP contribution in [0.3, 0.4) is 0 Å². The summed E-state index contributed by atoms with van der Waals surface area (Å²) in [7, 11) is 0. The van der Waals surface area contributed by atoms with Crippen molar-refractivity contribution in [3.63, 3.8) is 0 Å². The van der Waals surface area contributed by atoms with Crippen molar-refractivity contribution in [2.24, 2.45) is 0 Å². The van der Waals surface area contributed by atoms with E-state index in [0.717, 1.165) is 44.1 Å². The zero-order chi connectivity index (χ0) is 16.2. The number of aryl methyl sites for hydroxylation is 2. The molecule has 2 aliphatic rings. The first-order chi connectivity index (χ1) is 11.1. The number of nitrogens with zero attached hydrogens (tertiary/aromatic N) is 4. The quantitative estimate of drug-likeness (QED) is 0.868. The third-order valence-corrected chi connectivity index (χ3v) is 5.19. The first kappa shape index (κ1) is 16.4. The van der Waals surface area contributed by atoms with Crippen LogP contribution in [-0.4, -0.2) is 50.7 Å². The van der Waals surface area contributed by atoms with Crippen LogP contribution in [0.25, 0.3) is 0 Å². The molecule has 0 aromatic carbocycles. The molecule has 23 heavy (non-hydrogen) atoms. The molecule has 1 aromatic rings. The fraction of sp³-hybridized carbons (Fsp3) is 0.824. The lowest BCUT2D eigenvalue weighted by Crippen LogP contribution is -2.38. The minimum absolute atomic E-state index is 0.218. The molecule has 6 heteroatoms. The third kappa shape index (κ3) is 4.31. The monoisotopic (exact) mass is 319 g/mol. The SMILES string of the molecule is Cc1nc(C)n(C[C@@H]2CCCN2CCC(=O)NC2CCCC2)n1. The van der Waals surface area contributed by atoms with Crippen molar-refractivity contribution in [3.05, 3.63) is 11.6 Å². The van der Waals surface area contributed by atoms with E-state index in [1.807, 2.05) is 18.5 Å². The van der Waals surface area contributed by atoms with Gasteiger partial charge in [0.25, 0.3) is 0 Å². The van der Waals surface area contributed by atoms with Crippen LogP contribution in [0, 0.1) is 13.8 Å². The van der Waals surface area contributed by atoms with Gasteiger partial charge in [-0.1, -0.05) is 12.8 Å². The van der Waals surface area contributed by atoms with Crippen molar-refractivity contribution in [1.82, 2.24) is 25.0 Å². The molecular formula is C17H29N5O. The lowest BCUT2D eigenvalue weighted by atomic mass is 10.2. The topological polar surface area (TPSA) is 63.1 Å². The summed E-state index contributed by atoms with van der Waals surface area (Å²) in [6, 6.07) is 0.909. The van der Waals surface area contributed by atoms with E-state index in [2.05, 4.69) is 20.3 Å². The number of aromatic nitrogens is 3. The summed E-state index contributed by atoms with van der Waals surface area (Å²) >= 11 is 0. The van der Waals surface area contributed by atoms with Gasteiger partial charge in [-0.2, -0.15) is 5.10 Å². The number of nitrogens with one attached hydrogen (secondary N) is 1. The van der Waals surface area contributed by atoms with Gasteiger partial charge in [0.1, 0.15) is 11.6 Å².